The summed E-state index contributed by atoms with van der Waals surface area (Å²) in [6.07, 6.45) is 7.68. The van der Waals surface area contributed by atoms with E-state index in [-0.39, 0.29) is 5.91 Å². The SMILES string of the molecule is CCCCCCCCNC(=O)C(C#N)Cc1ccccc1. The Bertz CT molecular complexity index is 436. The smallest absolute Gasteiger partial charge is 0.237 e. The van der Waals surface area contributed by atoms with E-state index in [9.17, 15) is 4.79 Å². The van der Waals surface area contributed by atoms with E-state index in [0.29, 0.717) is 13.0 Å². The van der Waals surface area contributed by atoms with Crippen molar-refractivity contribution >= 4 is 5.91 Å². The quantitative estimate of drug-likeness (QED) is 0.664. The van der Waals surface area contributed by atoms with Gasteiger partial charge in [0.2, 0.25) is 5.91 Å². The van der Waals surface area contributed by atoms with Crippen LogP contribution in [0.25, 0.3) is 0 Å². The van der Waals surface area contributed by atoms with Crippen molar-refractivity contribution in [2.75, 3.05) is 6.54 Å². The van der Waals surface area contributed by atoms with Crippen LogP contribution in [-0.2, 0) is 11.2 Å². The van der Waals surface area contributed by atoms with Gasteiger partial charge in [-0.3, -0.25) is 4.79 Å². The summed E-state index contributed by atoms with van der Waals surface area (Å²) in [7, 11) is 0. The fraction of sp³-hybridized carbons (Fsp3) is 0.556. The molecule has 0 fully saturated rings. The predicted molar refractivity (Wildman–Crippen MR) is 85.6 cm³/mol. The van der Waals surface area contributed by atoms with Crippen LogP contribution in [-0.4, -0.2) is 12.5 Å². The zero-order valence-corrected chi connectivity index (χ0v) is 13.0. The van der Waals surface area contributed by atoms with E-state index < -0.39 is 5.92 Å². The summed E-state index contributed by atoms with van der Waals surface area (Å²) in [5, 5.41) is 12.0. The Morgan fingerprint density at radius 2 is 1.81 bits per heavy atom. The van der Waals surface area contributed by atoms with Crippen molar-refractivity contribution in [1.82, 2.24) is 5.32 Å². The topological polar surface area (TPSA) is 52.9 Å². The van der Waals surface area contributed by atoms with Crippen molar-refractivity contribution in [3.8, 4) is 6.07 Å². The van der Waals surface area contributed by atoms with Crippen LogP contribution in [0, 0.1) is 17.2 Å². The lowest BCUT2D eigenvalue weighted by molar-refractivity contribution is -0.123. The highest BCUT2D eigenvalue weighted by molar-refractivity contribution is 5.81. The Hall–Kier alpha value is -1.82. The van der Waals surface area contributed by atoms with Crippen LogP contribution in [0.5, 0.6) is 0 Å². The molecule has 0 aliphatic rings. The first-order chi connectivity index (χ1) is 10.3. The Balaban J connectivity index is 2.21. The van der Waals surface area contributed by atoms with Gasteiger partial charge < -0.3 is 5.32 Å². The number of nitriles is 1. The van der Waals surface area contributed by atoms with E-state index in [1.807, 2.05) is 30.3 Å². The molecule has 0 aromatic heterocycles. The second kappa shape index (κ2) is 10.9. The maximum Gasteiger partial charge on any atom is 0.237 e. The van der Waals surface area contributed by atoms with E-state index in [0.717, 1.165) is 18.4 Å². The number of carbonyl (C=O) groups excluding carboxylic acids is 1. The first-order valence-electron chi connectivity index (χ1n) is 7.99. The Kier molecular flexibility index (Phi) is 8.95. The number of nitrogens with one attached hydrogen (secondary N) is 1. The van der Waals surface area contributed by atoms with Crippen LogP contribution in [0.3, 0.4) is 0 Å². The summed E-state index contributed by atoms with van der Waals surface area (Å²) in [6.45, 7) is 2.88. The number of unbranched alkanes of at least 4 members (excludes halogenated alkanes) is 5. The highest BCUT2D eigenvalue weighted by atomic mass is 16.1. The Labute approximate surface area is 128 Å². The van der Waals surface area contributed by atoms with Gasteiger partial charge in [-0.05, 0) is 18.4 Å². The minimum atomic E-state index is -0.590. The van der Waals surface area contributed by atoms with Gasteiger partial charge in [0.15, 0.2) is 0 Å². The van der Waals surface area contributed by atoms with Crippen LogP contribution < -0.4 is 5.32 Å². The lowest BCUT2D eigenvalue weighted by Crippen LogP contribution is -2.31. The number of benzene rings is 1. The monoisotopic (exact) mass is 286 g/mol. The number of amides is 1. The summed E-state index contributed by atoms with van der Waals surface area (Å²) in [6, 6.07) is 11.8. The van der Waals surface area contributed by atoms with Crippen molar-refractivity contribution in [2.24, 2.45) is 5.92 Å². The molecule has 1 N–H and O–H groups in total. The summed E-state index contributed by atoms with van der Waals surface area (Å²) < 4.78 is 0. The summed E-state index contributed by atoms with van der Waals surface area (Å²) in [5.74, 6) is -0.734. The number of hydrogen-bond acceptors (Lipinski definition) is 2. The molecular weight excluding hydrogens is 260 g/mol. The number of nitrogens with zero attached hydrogens (tertiary/aromatic N) is 1. The first-order valence-corrected chi connectivity index (χ1v) is 7.99. The predicted octanol–water partition coefficient (Wildman–Crippen LogP) is 3.85. The molecule has 1 aromatic rings. The van der Waals surface area contributed by atoms with E-state index in [1.165, 1.54) is 25.7 Å². The van der Waals surface area contributed by atoms with Gasteiger partial charge in [0.1, 0.15) is 5.92 Å². The molecule has 21 heavy (non-hydrogen) atoms. The third kappa shape index (κ3) is 7.51. The molecule has 3 nitrogen and oxygen atoms in total. The van der Waals surface area contributed by atoms with Crippen LogP contribution in [0.4, 0.5) is 0 Å². The molecule has 0 saturated carbocycles. The Morgan fingerprint density at radius 3 is 2.48 bits per heavy atom. The minimum Gasteiger partial charge on any atom is -0.355 e. The molecule has 1 atom stereocenters. The largest absolute Gasteiger partial charge is 0.355 e. The summed E-state index contributed by atoms with van der Waals surface area (Å²) in [4.78, 5) is 12.0. The second-order valence-corrected chi connectivity index (χ2v) is 5.43. The molecule has 0 spiro atoms. The summed E-state index contributed by atoms with van der Waals surface area (Å²) in [5.41, 5.74) is 1.03. The van der Waals surface area contributed by atoms with Crippen LogP contribution in [0.1, 0.15) is 51.0 Å². The minimum absolute atomic E-state index is 0.144. The number of rotatable bonds is 10. The molecule has 114 valence electrons. The van der Waals surface area contributed by atoms with Crippen molar-refractivity contribution in [2.45, 2.75) is 51.9 Å². The normalized spacial score (nSPS) is 11.6. The van der Waals surface area contributed by atoms with Gasteiger partial charge in [0.05, 0.1) is 6.07 Å². The number of hydrogen-bond donors (Lipinski definition) is 1. The van der Waals surface area contributed by atoms with E-state index in [4.69, 9.17) is 5.26 Å². The maximum atomic E-state index is 12.0. The third-order valence-electron chi connectivity index (χ3n) is 3.58. The summed E-state index contributed by atoms with van der Waals surface area (Å²) >= 11 is 0. The van der Waals surface area contributed by atoms with Gasteiger partial charge in [-0.15, -0.1) is 0 Å². The van der Waals surface area contributed by atoms with Crippen LogP contribution >= 0.6 is 0 Å². The first kappa shape index (κ1) is 17.2. The fourth-order valence-corrected chi connectivity index (χ4v) is 2.29. The van der Waals surface area contributed by atoms with E-state index in [2.05, 4.69) is 18.3 Å². The zero-order chi connectivity index (χ0) is 15.3. The van der Waals surface area contributed by atoms with Gasteiger partial charge in [0, 0.05) is 6.54 Å². The standard InChI is InChI=1S/C18H26N2O/c1-2-3-4-5-6-10-13-20-18(21)17(15-19)14-16-11-8-7-9-12-16/h7-9,11-12,17H,2-6,10,13-14H2,1H3,(H,20,21). The molecule has 3 heteroatoms. The molecule has 1 aromatic carbocycles. The lowest BCUT2D eigenvalue weighted by atomic mass is 10.00. The van der Waals surface area contributed by atoms with Crippen LogP contribution in [0.2, 0.25) is 0 Å². The molecule has 0 heterocycles. The van der Waals surface area contributed by atoms with Crippen molar-refractivity contribution in [3.05, 3.63) is 35.9 Å². The second-order valence-electron chi connectivity index (χ2n) is 5.43. The average molecular weight is 286 g/mol. The lowest BCUT2D eigenvalue weighted by Gasteiger charge is -2.10. The Morgan fingerprint density at radius 1 is 1.14 bits per heavy atom. The maximum absolute atomic E-state index is 12.0. The molecule has 0 aliphatic carbocycles. The van der Waals surface area contributed by atoms with Gasteiger partial charge in [-0.25, -0.2) is 0 Å². The molecule has 1 rings (SSSR count). The molecule has 0 saturated heterocycles. The van der Waals surface area contributed by atoms with E-state index in [1.54, 1.807) is 0 Å². The van der Waals surface area contributed by atoms with Gasteiger partial charge >= 0.3 is 0 Å². The molecule has 1 amide bonds. The van der Waals surface area contributed by atoms with Crippen LogP contribution in [0.15, 0.2) is 30.3 Å². The zero-order valence-electron chi connectivity index (χ0n) is 13.0. The van der Waals surface area contributed by atoms with Gasteiger partial charge in [-0.2, -0.15) is 5.26 Å². The van der Waals surface area contributed by atoms with Crippen molar-refractivity contribution in [1.29, 1.82) is 5.26 Å². The molecular formula is C18H26N2O. The fourth-order valence-electron chi connectivity index (χ4n) is 2.29. The van der Waals surface area contributed by atoms with E-state index >= 15 is 0 Å². The number of carbonyl (C=O) groups is 1. The molecule has 0 aliphatic heterocycles. The molecule has 1 unspecified atom stereocenters. The average Bonchev–Trinajstić information content (AvgIpc) is 2.52. The van der Waals surface area contributed by atoms with Gasteiger partial charge in [0.25, 0.3) is 0 Å². The van der Waals surface area contributed by atoms with Crippen molar-refractivity contribution < 1.29 is 4.79 Å². The molecule has 0 bridgehead atoms. The van der Waals surface area contributed by atoms with Gasteiger partial charge in [-0.1, -0.05) is 69.4 Å². The highest BCUT2D eigenvalue weighted by Crippen LogP contribution is 2.09. The molecule has 0 radical (unpaired) electrons. The highest BCUT2D eigenvalue weighted by Gasteiger charge is 2.17. The third-order valence-corrected chi connectivity index (χ3v) is 3.58. The van der Waals surface area contributed by atoms with Crippen molar-refractivity contribution in [3.63, 3.8) is 0 Å².